The standard InChI is InChI=1S/C24H26N2O3S/c1-17-13-21-11-12-22(25-30(2,28)29)23(26(21)24(27)14-17)16-18-7-6-10-20(15-18)19-8-4-3-5-9-19/h3-10,13-15,22-23,25H,11-12,16H2,1-2H3. The Morgan fingerprint density at radius 1 is 1.00 bits per heavy atom. The minimum Gasteiger partial charge on any atom is -0.308 e. The Balaban J connectivity index is 1.74. The number of aryl methyl sites for hydroxylation is 2. The lowest BCUT2D eigenvalue weighted by Crippen LogP contribution is -2.48. The average molecular weight is 423 g/mol. The highest BCUT2D eigenvalue weighted by Gasteiger charge is 2.32. The van der Waals surface area contributed by atoms with E-state index in [1.807, 2.05) is 43.3 Å². The highest BCUT2D eigenvalue weighted by Crippen LogP contribution is 2.29. The first-order valence-electron chi connectivity index (χ1n) is 10.1. The second-order valence-corrected chi connectivity index (χ2v) is 9.89. The fraction of sp³-hybridized carbons (Fsp3) is 0.292. The van der Waals surface area contributed by atoms with Crippen molar-refractivity contribution in [3.05, 3.63) is 93.9 Å². The Hall–Kier alpha value is -2.70. The first kappa shape index (κ1) is 20.6. The third kappa shape index (κ3) is 4.55. The molecule has 6 heteroatoms. The number of sulfonamides is 1. The maximum absolute atomic E-state index is 12.9. The van der Waals surface area contributed by atoms with Gasteiger partial charge in [-0.1, -0.05) is 54.6 Å². The minimum absolute atomic E-state index is 0.0748. The van der Waals surface area contributed by atoms with Crippen molar-refractivity contribution in [2.45, 2.75) is 38.3 Å². The van der Waals surface area contributed by atoms with E-state index < -0.39 is 10.0 Å². The van der Waals surface area contributed by atoms with Crippen molar-refractivity contribution in [3.63, 3.8) is 0 Å². The number of nitrogens with zero attached hydrogens (tertiary/aromatic N) is 1. The molecule has 2 heterocycles. The summed E-state index contributed by atoms with van der Waals surface area (Å²) >= 11 is 0. The molecule has 0 bridgehead atoms. The fourth-order valence-electron chi connectivity index (χ4n) is 4.42. The van der Waals surface area contributed by atoms with Crippen molar-refractivity contribution in [3.8, 4) is 11.1 Å². The van der Waals surface area contributed by atoms with E-state index in [9.17, 15) is 13.2 Å². The fourth-order valence-corrected chi connectivity index (χ4v) is 5.25. The summed E-state index contributed by atoms with van der Waals surface area (Å²) in [5.41, 5.74) is 5.13. The molecule has 2 atom stereocenters. The molecule has 0 aliphatic carbocycles. The molecule has 4 rings (SSSR count). The molecular weight excluding hydrogens is 396 g/mol. The predicted octanol–water partition coefficient (Wildman–Crippen LogP) is 3.47. The zero-order chi connectivity index (χ0) is 21.3. The van der Waals surface area contributed by atoms with Crippen LogP contribution in [0.3, 0.4) is 0 Å². The van der Waals surface area contributed by atoms with Crippen molar-refractivity contribution in [2.75, 3.05) is 6.26 Å². The van der Waals surface area contributed by atoms with Crippen molar-refractivity contribution in [1.29, 1.82) is 0 Å². The van der Waals surface area contributed by atoms with Crippen LogP contribution in [0.5, 0.6) is 0 Å². The summed E-state index contributed by atoms with van der Waals surface area (Å²) in [5.74, 6) is 0. The Morgan fingerprint density at radius 3 is 2.47 bits per heavy atom. The molecule has 1 aliphatic rings. The molecule has 30 heavy (non-hydrogen) atoms. The molecule has 2 aromatic carbocycles. The minimum atomic E-state index is -3.39. The molecule has 0 saturated heterocycles. The van der Waals surface area contributed by atoms with E-state index in [1.54, 1.807) is 10.6 Å². The van der Waals surface area contributed by atoms with Gasteiger partial charge in [-0.05, 0) is 54.5 Å². The molecule has 1 aliphatic heterocycles. The van der Waals surface area contributed by atoms with E-state index in [-0.39, 0.29) is 17.6 Å². The van der Waals surface area contributed by atoms with E-state index in [2.05, 4.69) is 29.0 Å². The molecule has 3 aromatic rings. The van der Waals surface area contributed by atoms with Crippen molar-refractivity contribution < 1.29 is 8.42 Å². The molecule has 0 amide bonds. The van der Waals surface area contributed by atoms with Gasteiger partial charge in [-0.3, -0.25) is 4.79 Å². The summed E-state index contributed by atoms with van der Waals surface area (Å²) in [6, 6.07) is 21.4. The molecule has 1 aromatic heterocycles. The molecule has 0 radical (unpaired) electrons. The van der Waals surface area contributed by atoms with E-state index in [0.717, 1.165) is 27.9 Å². The summed E-state index contributed by atoms with van der Waals surface area (Å²) in [6.07, 6.45) is 3.08. The summed E-state index contributed by atoms with van der Waals surface area (Å²) in [6.45, 7) is 1.92. The number of pyridine rings is 1. The van der Waals surface area contributed by atoms with Gasteiger partial charge in [0.1, 0.15) is 0 Å². The van der Waals surface area contributed by atoms with Crippen LogP contribution >= 0.6 is 0 Å². The number of nitrogens with one attached hydrogen (secondary N) is 1. The van der Waals surface area contributed by atoms with Gasteiger partial charge in [-0.15, -0.1) is 0 Å². The van der Waals surface area contributed by atoms with Crippen LogP contribution in [0.1, 0.15) is 29.3 Å². The van der Waals surface area contributed by atoms with Crippen LogP contribution in [0.2, 0.25) is 0 Å². The lowest BCUT2D eigenvalue weighted by Gasteiger charge is -2.35. The van der Waals surface area contributed by atoms with E-state index in [1.165, 1.54) is 6.26 Å². The van der Waals surface area contributed by atoms with E-state index in [0.29, 0.717) is 19.3 Å². The van der Waals surface area contributed by atoms with Crippen LogP contribution in [0, 0.1) is 6.92 Å². The topological polar surface area (TPSA) is 68.2 Å². The highest BCUT2D eigenvalue weighted by molar-refractivity contribution is 7.88. The Bertz CT molecular complexity index is 1220. The Kier molecular flexibility index (Phi) is 5.62. The second kappa shape index (κ2) is 8.20. The molecular formula is C24H26N2O3S. The number of aromatic nitrogens is 1. The normalized spacial score (nSPS) is 18.7. The van der Waals surface area contributed by atoms with Crippen LogP contribution < -0.4 is 10.3 Å². The lowest BCUT2D eigenvalue weighted by molar-refractivity contribution is 0.315. The summed E-state index contributed by atoms with van der Waals surface area (Å²) in [5, 5.41) is 0. The first-order valence-corrected chi connectivity index (χ1v) is 12.0. The zero-order valence-corrected chi connectivity index (χ0v) is 18.0. The third-order valence-corrected chi connectivity index (χ3v) is 6.38. The molecule has 0 fully saturated rings. The lowest BCUT2D eigenvalue weighted by atomic mass is 9.90. The van der Waals surface area contributed by atoms with Gasteiger partial charge in [0.15, 0.2) is 0 Å². The number of hydrogen-bond acceptors (Lipinski definition) is 3. The van der Waals surface area contributed by atoms with E-state index in [4.69, 9.17) is 0 Å². The van der Waals surface area contributed by atoms with Gasteiger partial charge in [0.2, 0.25) is 10.0 Å². The number of hydrogen-bond donors (Lipinski definition) is 1. The summed E-state index contributed by atoms with van der Waals surface area (Å²) in [4.78, 5) is 12.9. The molecule has 1 N–H and O–H groups in total. The van der Waals surface area contributed by atoms with Gasteiger partial charge in [0, 0.05) is 17.8 Å². The van der Waals surface area contributed by atoms with Crippen LogP contribution in [0.15, 0.2) is 71.5 Å². The quantitative estimate of drug-likeness (QED) is 0.685. The largest absolute Gasteiger partial charge is 0.308 e. The number of fused-ring (bicyclic) bond motifs is 1. The van der Waals surface area contributed by atoms with Crippen molar-refractivity contribution >= 4 is 10.0 Å². The summed E-state index contributed by atoms with van der Waals surface area (Å²) in [7, 11) is -3.39. The van der Waals surface area contributed by atoms with Gasteiger partial charge in [-0.25, -0.2) is 13.1 Å². The molecule has 156 valence electrons. The molecule has 0 saturated carbocycles. The highest BCUT2D eigenvalue weighted by atomic mass is 32.2. The van der Waals surface area contributed by atoms with E-state index >= 15 is 0 Å². The Morgan fingerprint density at radius 2 is 1.73 bits per heavy atom. The SMILES string of the molecule is Cc1cc2n(c(=O)c1)C(Cc1cccc(-c3ccccc3)c1)C(NS(C)(=O)=O)CC2. The maximum atomic E-state index is 12.9. The predicted molar refractivity (Wildman–Crippen MR) is 120 cm³/mol. The van der Waals surface area contributed by atoms with Crippen molar-refractivity contribution in [1.82, 2.24) is 9.29 Å². The van der Waals surface area contributed by atoms with Crippen LogP contribution in [-0.2, 0) is 22.9 Å². The maximum Gasteiger partial charge on any atom is 0.251 e. The van der Waals surface area contributed by atoms with Gasteiger partial charge in [0.25, 0.3) is 5.56 Å². The monoisotopic (exact) mass is 422 g/mol. The van der Waals surface area contributed by atoms with Crippen LogP contribution in [0.4, 0.5) is 0 Å². The van der Waals surface area contributed by atoms with Crippen molar-refractivity contribution in [2.24, 2.45) is 0 Å². The van der Waals surface area contributed by atoms with Gasteiger partial charge >= 0.3 is 0 Å². The third-order valence-electron chi connectivity index (χ3n) is 5.64. The van der Waals surface area contributed by atoms with Crippen LogP contribution in [-0.4, -0.2) is 25.3 Å². The Labute approximate surface area is 177 Å². The first-order chi connectivity index (χ1) is 14.3. The second-order valence-electron chi connectivity index (χ2n) is 8.11. The van der Waals surface area contributed by atoms with Gasteiger partial charge in [0.05, 0.1) is 12.3 Å². The molecule has 5 nitrogen and oxygen atoms in total. The summed E-state index contributed by atoms with van der Waals surface area (Å²) < 4.78 is 28.5. The smallest absolute Gasteiger partial charge is 0.251 e. The van der Waals surface area contributed by atoms with Crippen LogP contribution in [0.25, 0.3) is 11.1 Å². The molecule has 0 spiro atoms. The van der Waals surface area contributed by atoms with Gasteiger partial charge in [-0.2, -0.15) is 0 Å². The molecule has 2 unspecified atom stereocenters. The zero-order valence-electron chi connectivity index (χ0n) is 17.2. The average Bonchev–Trinajstić information content (AvgIpc) is 2.69. The number of benzene rings is 2. The number of rotatable bonds is 5. The van der Waals surface area contributed by atoms with Gasteiger partial charge < -0.3 is 4.57 Å².